The Balaban J connectivity index is 0.000000409. The van der Waals surface area contributed by atoms with Crippen LogP contribution in [0.1, 0.15) is 23.3 Å². The van der Waals surface area contributed by atoms with Crippen molar-refractivity contribution in [2.24, 2.45) is 0 Å². The van der Waals surface area contributed by atoms with Gasteiger partial charge in [0.15, 0.2) is 0 Å². The number of aryl methyl sites for hydroxylation is 1. The number of para-hydroxylation sites is 1. The van der Waals surface area contributed by atoms with Crippen LogP contribution in [0.5, 0.6) is 5.75 Å². The molecule has 0 fully saturated rings. The second-order valence-electron chi connectivity index (χ2n) is 4.22. The van der Waals surface area contributed by atoms with E-state index >= 15 is 0 Å². The Morgan fingerprint density at radius 3 is 2.30 bits per heavy atom. The van der Waals surface area contributed by atoms with Gasteiger partial charge in [0.1, 0.15) is 11.3 Å². The number of nitro groups is 1. The first-order chi connectivity index (χ1) is 10.4. The number of phenolic OH excluding ortho intramolecular Hbond substituents is 1. The molecule has 23 heavy (non-hydrogen) atoms. The van der Waals surface area contributed by atoms with Crippen LogP contribution >= 0.6 is 0 Å². The van der Waals surface area contributed by atoms with Crippen molar-refractivity contribution < 1.29 is 24.0 Å². The second kappa shape index (κ2) is 9.14. The lowest BCUT2D eigenvalue weighted by Crippen LogP contribution is -2.01. The minimum absolute atomic E-state index is 0. The summed E-state index contributed by atoms with van der Waals surface area (Å²) in [6.45, 7) is 1.83. The monoisotopic (exact) mass is 323 g/mol. The molecule has 0 heterocycles. The molecule has 124 valence electrons. The number of ether oxygens (including phenoxy) is 1. The lowest BCUT2D eigenvalue weighted by Gasteiger charge is -2.02. The molecule has 0 saturated heterocycles. The lowest BCUT2D eigenvalue weighted by molar-refractivity contribution is -0.387. The highest BCUT2D eigenvalue weighted by molar-refractivity contribution is 5.92. The highest BCUT2D eigenvalue weighted by Gasteiger charge is 2.10. The van der Waals surface area contributed by atoms with Crippen LogP contribution in [0.3, 0.4) is 0 Å². The van der Waals surface area contributed by atoms with Crippen molar-refractivity contribution in [1.82, 2.24) is 0 Å². The van der Waals surface area contributed by atoms with Crippen molar-refractivity contribution in [3.63, 3.8) is 0 Å². The van der Waals surface area contributed by atoms with Crippen LogP contribution in [0.25, 0.3) is 0 Å². The van der Waals surface area contributed by atoms with Crippen LogP contribution < -0.4 is 0 Å². The van der Waals surface area contributed by atoms with Gasteiger partial charge >= 0.3 is 11.7 Å². The van der Waals surface area contributed by atoms with E-state index in [9.17, 15) is 24.4 Å². The Hall–Kier alpha value is -2.96. The Labute approximate surface area is 133 Å². The first-order valence-corrected chi connectivity index (χ1v) is 6.13. The second-order valence-corrected chi connectivity index (χ2v) is 4.22. The van der Waals surface area contributed by atoms with Crippen LogP contribution in [0.15, 0.2) is 42.5 Å². The SMILES string of the molecule is C.COC(=O)c1ccc(C)cc1O.O=[N+]([O-])c1ccccc1F. The van der Waals surface area contributed by atoms with Crippen LogP contribution in [-0.4, -0.2) is 23.1 Å². The zero-order chi connectivity index (χ0) is 16.7. The van der Waals surface area contributed by atoms with Crippen LogP contribution in [0, 0.1) is 22.9 Å². The van der Waals surface area contributed by atoms with Crippen LogP contribution in [-0.2, 0) is 4.74 Å². The maximum Gasteiger partial charge on any atom is 0.341 e. The quantitative estimate of drug-likeness (QED) is 0.515. The van der Waals surface area contributed by atoms with Gasteiger partial charge in [-0.2, -0.15) is 4.39 Å². The number of methoxy groups -OCH3 is 1. The normalized spacial score (nSPS) is 9.00. The summed E-state index contributed by atoms with van der Waals surface area (Å²) in [5, 5.41) is 19.3. The molecule has 2 aromatic carbocycles. The molecule has 0 amide bonds. The number of carbonyl (C=O) groups excluding carboxylic acids is 1. The van der Waals surface area contributed by atoms with Gasteiger partial charge in [0.25, 0.3) is 0 Å². The molecule has 0 aliphatic rings. The molecule has 7 heteroatoms. The lowest BCUT2D eigenvalue weighted by atomic mass is 10.1. The molecule has 0 spiro atoms. The fourth-order valence-corrected chi connectivity index (χ4v) is 1.52. The fourth-order valence-electron chi connectivity index (χ4n) is 1.52. The van der Waals surface area contributed by atoms with Crippen LogP contribution in [0.2, 0.25) is 0 Å². The van der Waals surface area contributed by atoms with Gasteiger partial charge in [-0.15, -0.1) is 0 Å². The summed E-state index contributed by atoms with van der Waals surface area (Å²) >= 11 is 0. The van der Waals surface area contributed by atoms with E-state index in [1.807, 2.05) is 6.92 Å². The molecule has 0 aliphatic heterocycles. The molecule has 0 unspecified atom stereocenters. The Bertz CT molecular complexity index is 688. The summed E-state index contributed by atoms with van der Waals surface area (Å²) in [4.78, 5) is 20.2. The molecule has 0 radical (unpaired) electrons. The fraction of sp³-hybridized carbons (Fsp3) is 0.188. The van der Waals surface area contributed by atoms with E-state index in [0.29, 0.717) is 0 Å². The molecule has 0 aliphatic carbocycles. The van der Waals surface area contributed by atoms with Gasteiger partial charge in [0, 0.05) is 6.07 Å². The largest absolute Gasteiger partial charge is 0.507 e. The average molecular weight is 323 g/mol. The third-order valence-electron chi connectivity index (χ3n) is 2.61. The number of aromatic hydroxyl groups is 1. The van der Waals surface area contributed by atoms with Crippen molar-refractivity contribution in [3.05, 3.63) is 69.5 Å². The first-order valence-electron chi connectivity index (χ1n) is 6.13. The van der Waals surface area contributed by atoms with Gasteiger partial charge in [-0.05, 0) is 30.7 Å². The summed E-state index contributed by atoms with van der Waals surface area (Å²) in [6.07, 6.45) is 0. The molecular formula is C16H18FNO5. The Morgan fingerprint density at radius 1 is 1.26 bits per heavy atom. The summed E-state index contributed by atoms with van der Waals surface area (Å²) in [5.41, 5.74) is 0.616. The minimum Gasteiger partial charge on any atom is -0.507 e. The number of halogens is 1. The number of rotatable bonds is 2. The number of phenols is 1. The van der Waals surface area contributed by atoms with Crippen molar-refractivity contribution in [1.29, 1.82) is 0 Å². The van der Waals surface area contributed by atoms with Gasteiger partial charge < -0.3 is 9.84 Å². The van der Waals surface area contributed by atoms with Crippen molar-refractivity contribution >= 4 is 11.7 Å². The van der Waals surface area contributed by atoms with Gasteiger partial charge in [-0.1, -0.05) is 25.6 Å². The molecule has 2 aromatic rings. The maximum absolute atomic E-state index is 12.4. The predicted octanol–water partition coefficient (Wildman–Crippen LogP) is 3.86. The zero-order valence-electron chi connectivity index (χ0n) is 11.9. The number of esters is 1. The van der Waals surface area contributed by atoms with E-state index in [1.54, 1.807) is 6.07 Å². The number of hydrogen-bond donors (Lipinski definition) is 1. The van der Waals surface area contributed by atoms with Gasteiger partial charge in [-0.3, -0.25) is 10.1 Å². The van der Waals surface area contributed by atoms with E-state index in [0.717, 1.165) is 17.7 Å². The number of hydrogen-bond acceptors (Lipinski definition) is 5. The number of nitrogens with zero attached hydrogens (tertiary/aromatic N) is 1. The maximum atomic E-state index is 12.4. The molecular weight excluding hydrogens is 305 g/mol. The van der Waals surface area contributed by atoms with Crippen molar-refractivity contribution in [2.45, 2.75) is 14.4 Å². The molecule has 0 saturated carbocycles. The molecule has 0 bridgehead atoms. The van der Waals surface area contributed by atoms with Gasteiger partial charge in [0.2, 0.25) is 5.82 Å². The highest BCUT2D eigenvalue weighted by atomic mass is 19.1. The zero-order valence-corrected chi connectivity index (χ0v) is 11.9. The third-order valence-corrected chi connectivity index (χ3v) is 2.61. The molecule has 6 nitrogen and oxygen atoms in total. The number of nitro benzene ring substituents is 1. The third kappa shape index (κ3) is 5.74. The Morgan fingerprint density at radius 2 is 1.87 bits per heavy atom. The van der Waals surface area contributed by atoms with E-state index in [2.05, 4.69) is 4.74 Å². The smallest absolute Gasteiger partial charge is 0.341 e. The van der Waals surface area contributed by atoms with Crippen molar-refractivity contribution in [3.8, 4) is 5.75 Å². The Kier molecular flexibility index (Phi) is 7.96. The molecule has 1 N–H and O–H groups in total. The highest BCUT2D eigenvalue weighted by Crippen LogP contribution is 2.18. The van der Waals surface area contributed by atoms with Crippen LogP contribution in [0.4, 0.5) is 10.1 Å². The van der Waals surface area contributed by atoms with E-state index in [-0.39, 0.29) is 18.7 Å². The molecule has 2 rings (SSSR count). The number of benzene rings is 2. The van der Waals surface area contributed by atoms with Crippen molar-refractivity contribution in [2.75, 3.05) is 7.11 Å². The van der Waals surface area contributed by atoms with E-state index in [1.165, 1.54) is 31.4 Å². The minimum atomic E-state index is -0.799. The summed E-state index contributed by atoms with van der Waals surface area (Å²) < 4.78 is 16.9. The topological polar surface area (TPSA) is 89.7 Å². The van der Waals surface area contributed by atoms with E-state index in [4.69, 9.17) is 0 Å². The molecule has 0 atom stereocenters. The predicted molar refractivity (Wildman–Crippen MR) is 84.0 cm³/mol. The number of carbonyl (C=O) groups is 1. The van der Waals surface area contributed by atoms with Gasteiger partial charge in [-0.25, -0.2) is 4.79 Å². The van der Waals surface area contributed by atoms with E-state index < -0.39 is 22.4 Å². The summed E-state index contributed by atoms with van der Waals surface area (Å²) in [7, 11) is 1.28. The first kappa shape index (κ1) is 20.0. The summed E-state index contributed by atoms with van der Waals surface area (Å²) in [6, 6.07) is 9.80. The summed E-state index contributed by atoms with van der Waals surface area (Å²) in [5.74, 6) is -1.36. The van der Waals surface area contributed by atoms with Gasteiger partial charge in [0.05, 0.1) is 12.0 Å². The molecule has 0 aromatic heterocycles. The standard InChI is InChI=1S/C9H10O3.C6H4FNO2.CH4/c1-6-3-4-7(8(10)5-6)9(11)12-2;7-5-3-1-2-4-6(5)8(9)10;/h3-5,10H,1-2H3;1-4H;1H4. The average Bonchev–Trinajstić information content (AvgIpc) is 2.47.